The Hall–Kier alpha value is -3.64. The van der Waals surface area contributed by atoms with Gasteiger partial charge in [0.05, 0.1) is 35.4 Å². The summed E-state index contributed by atoms with van der Waals surface area (Å²) in [7, 11) is 1.23. The van der Waals surface area contributed by atoms with Gasteiger partial charge in [-0.15, -0.1) is 0 Å². The Kier molecular flexibility index (Phi) is 6.26. The van der Waals surface area contributed by atoms with Crippen LogP contribution in [0.2, 0.25) is 0 Å². The fourth-order valence-corrected chi connectivity index (χ4v) is 3.38. The number of fused-ring (bicyclic) bond motifs is 1. The van der Waals surface area contributed by atoms with Gasteiger partial charge in [0.1, 0.15) is 6.54 Å². The summed E-state index contributed by atoms with van der Waals surface area (Å²) < 4.78 is 5.86. The number of nitriles is 1. The number of carbonyl (C=O) groups is 2. The monoisotopic (exact) mass is 408 g/mol. The number of anilines is 1. The Morgan fingerprint density at radius 1 is 1.24 bits per heavy atom. The molecule has 1 N–H and O–H groups in total. The van der Waals surface area contributed by atoms with Crippen molar-refractivity contribution in [3.05, 3.63) is 64.4 Å². The van der Waals surface area contributed by atoms with Gasteiger partial charge < -0.3 is 10.1 Å². The standard InChI is InChI=1S/C20H16N4O4S/c1-28-18(26)11-24-19(27)15-7-2-3-8-16(15)23-20(24)29-12-17(25)22-14-6-4-5-13(9-14)10-21/h2-9H,11-12H2,1H3,(H,22,25). The van der Waals surface area contributed by atoms with Gasteiger partial charge in [-0.2, -0.15) is 5.26 Å². The van der Waals surface area contributed by atoms with Crippen molar-refractivity contribution < 1.29 is 14.3 Å². The van der Waals surface area contributed by atoms with Crippen LogP contribution in [0.1, 0.15) is 5.56 Å². The molecule has 8 nitrogen and oxygen atoms in total. The van der Waals surface area contributed by atoms with Crippen LogP contribution in [0.15, 0.2) is 58.5 Å². The van der Waals surface area contributed by atoms with Crippen molar-refractivity contribution in [2.24, 2.45) is 0 Å². The molecule has 1 heterocycles. The molecule has 0 radical (unpaired) electrons. The van der Waals surface area contributed by atoms with E-state index >= 15 is 0 Å². The molecule has 0 saturated heterocycles. The molecular weight excluding hydrogens is 392 g/mol. The van der Waals surface area contributed by atoms with E-state index in [4.69, 9.17) is 5.26 Å². The molecule has 0 saturated carbocycles. The quantitative estimate of drug-likeness (QED) is 0.378. The zero-order valence-corrected chi connectivity index (χ0v) is 16.2. The number of para-hydroxylation sites is 1. The number of hydrogen-bond donors (Lipinski definition) is 1. The van der Waals surface area contributed by atoms with E-state index in [1.165, 1.54) is 11.7 Å². The van der Waals surface area contributed by atoms with Gasteiger partial charge in [0.2, 0.25) is 5.91 Å². The minimum absolute atomic E-state index is 0.0390. The molecule has 2 aromatic carbocycles. The van der Waals surface area contributed by atoms with Gasteiger partial charge in [0, 0.05) is 5.69 Å². The molecule has 9 heteroatoms. The number of benzene rings is 2. The molecule has 0 bridgehead atoms. The van der Waals surface area contributed by atoms with Gasteiger partial charge in [0.25, 0.3) is 5.56 Å². The second-order valence-electron chi connectivity index (χ2n) is 5.91. The SMILES string of the molecule is COC(=O)Cn1c(SCC(=O)Nc2cccc(C#N)c2)nc2ccccc2c1=O. The highest BCUT2D eigenvalue weighted by Gasteiger charge is 2.16. The number of nitrogens with zero attached hydrogens (tertiary/aromatic N) is 3. The average molecular weight is 408 g/mol. The zero-order valence-electron chi connectivity index (χ0n) is 15.4. The Balaban J connectivity index is 1.83. The van der Waals surface area contributed by atoms with Gasteiger partial charge >= 0.3 is 5.97 Å². The van der Waals surface area contributed by atoms with Crippen molar-refractivity contribution >= 4 is 40.2 Å². The van der Waals surface area contributed by atoms with Gasteiger partial charge in [0.15, 0.2) is 5.16 Å². The summed E-state index contributed by atoms with van der Waals surface area (Å²) in [5.41, 5.74) is 1.01. The number of carbonyl (C=O) groups excluding carboxylic acids is 2. The van der Waals surface area contributed by atoms with Crippen molar-refractivity contribution in [2.75, 3.05) is 18.2 Å². The maximum Gasteiger partial charge on any atom is 0.325 e. The molecule has 146 valence electrons. The summed E-state index contributed by atoms with van der Waals surface area (Å²) in [5.74, 6) is -0.969. The number of nitrogens with one attached hydrogen (secondary N) is 1. The maximum atomic E-state index is 12.8. The van der Waals surface area contributed by atoms with Gasteiger partial charge in [-0.05, 0) is 30.3 Å². The van der Waals surface area contributed by atoms with E-state index in [2.05, 4.69) is 15.0 Å². The first-order valence-corrected chi connectivity index (χ1v) is 9.49. The Morgan fingerprint density at radius 3 is 2.79 bits per heavy atom. The van der Waals surface area contributed by atoms with Crippen molar-refractivity contribution in [2.45, 2.75) is 11.7 Å². The number of methoxy groups -OCH3 is 1. The predicted molar refractivity (Wildman–Crippen MR) is 109 cm³/mol. The molecule has 0 unspecified atom stereocenters. The number of thioether (sulfide) groups is 1. The van der Waals surface area contributed by atoms with E-state index in [1.807, 2.05) is 6.07 Å². The molecule has 3 aromatic rings. The minimum Gasteiger partial charge on any atom is -0.468 e. The first-order chi connectivity index (χ1) is 14.0. The van der Waals surface area contributed by atoms with Gasteiger partial charge in [-0.3, -0.25) is 19.0 Å². The van der Waals surface area contributed by atoms with E-state index in [1.54, 1.807) is 48.5 Å². The molecule has 0 aliphatic heterocycles. The highest BCUT2D eigenvalue weighted by molar-refractivity contribution is 7.99. The Labute approximate surface area is 170 Å². The lowest BCUT2D eigenvalue weighted by Gasteiger charge is -2.12. The molecular formula is C20H16N4O4S. The molecule has 1 aromatic heterocycles. The van der Waals surface area contributed by atoms with Crippen LogP contribution in [0.25, 0.3) is 10.9 Å². The smallest absolute Gasteiger partial charge is 0.325 e. The van der Waals surface area contributed by atoms with Crippen molar-refractivity contribution in [1.29, 1.82) is 5.26 Å². The first kappa shape index (κ1) is 20.1. The minimum atomic E-state index is -0.594. The number of hydrogen-bond acceptors (Lipinski definition) is 7. The summed E-state index contributed by atoms with van der Waals surface area (Å²) in [4.78, 5) is 41.2. The topological polar surface area (TPSA) is 114 Å². The fourth-order valence-electron chi connectivity index (χ4n) is 2.58. The number of aromatic nitrogens is 2. The third-order valence-corrected chi connectivity index (χ3v) is 4.93. The lowest BCUT2D eigenvalue weighted by atomic mass is 10.2. The molecule has 0 spiro atoms. The van der Waals surface area contributed by atoms with E-state index < -0.39 is 5.97 Å². The van der Waals surface area contributed by atoms with Crippen molar-refractivity contribution in [3.63, 3.8) is 0 Å². The first-order valence-electron chi connectivity index (χ1n) is 8.51. The Bertz CT molecular complexity index is 1180. The summed E-state index contributed by atoms with van der Waals surface area (Å²) >= 11 is 1.03. The van der Waals surface area contributed by atoms with Crippen LogP contribution in [0.5, 0.6) is 0 Å². The molecule has 29 heavy (non-hydrogen) atoms. The number of ether oxygens (including phenoxy) is 1. The van der Waals surface area contributed by atoms with Crippen LogP contribution in [-0.2, 0) is 20.9 Å². The highest BCUT2D eigenvalue weighted by atomic mass is 32.2. The predicted octanol–water partition coefficient (Wildman–Crippen LogP) is 2.17. The van der Waals surface area contributed by atoms with E-state index in [9.17, 15) is 14.4 Å². The second kappa shape index (κ2) is 9.03. The largest absolute Gasteiger partial charge is 0.468 e. The number of rotatable bonds is 6. The summed E-state index contributed by atoms with van der Waals surface area (Å²) in [6, 6.07) is 15.3. The van der Waals surface area contributed by atoms with Crippen LogP contribution in [0.3, 0.4) is 0 Å². The summed E-state index contributed by atoms with van der Waals surface area (Å²) in [6.45, 7) is -0.304. The van der Waals surface area contributed by atoms with Crippen molar-refractivity contribution in [1.82, 2.24) is 9.55 Å². The second-order valence-corrected chi connectivity index (χ2v) is 6.85. The lowest BCUT2D eigenvalue weighted by Crippen LogP contribution is -2.28. The molecule has 1 amide bonds. The normalized spacial score (nSPS) is 10.3. The summed E-state index contributed by atoms with van der Waals surface area (Å²) in [6.07, 6.45) is 0. The summed E-state index contributed by atoms with van der Waals surface area (Å²) in [5, 5.41) is 12.2. The molecule has 0 atom stereocenters. The molecule has 0 fully saturated rings. The van der Waals surface area contributed by atoms with E-state index in [-0.39, 0.29) is 28.9 Å². The number of amides is 1. The van der Waals surface area contributed by atoms with Crippen LogP contribution >= 0.6 is 11.8 Å². The number of esters is 1. The van der Waals surface area contributed by atoms with E-state index in [0.717, 1.165) is 11.8 Å². The van der Waals surface area contributed by atoms with Crippen LogP contribution in [-0.4, -0.2) is 34.3 Å². The van der Waals surface area contributed by atoms with Gasteiger partial charge in [-0.1, -0.05) is 30.0 Å². The van der Waals surface area contributed by atoms with Crippen LogP contribution < -0.4 is 10.9 Å². The zero-order chi connectivity index (χ0) is 20.8. The molecule has 0 aliphatic carbocycles. The van der Waals surface area contributed by atoms with Crippen molar-refractivity contribution in [3.8, 4) is 6.07 Å². The molecule has 3 rings (SSSR count). The van der Waals surface area contributed by atoms with E-state index in [0.29, 0.717) is 22.2 Å². The fraction of sp³-hybridized carbons (Fsp3) is 0.150. The maximum absolute atomic E-state index is 12.8. The van der Waals surface area contributed by atoms with Crippen LogP contribution in [0, 0.1) is 11.3 Å². The third-order valence-electron chi connectivity index (χ3n) is 3.95. The van der Waals surface area contributed by atoms with Crippen LogP contribution in [0.4, 0.5) is 5.69 Å². The highest BCUT2D eigenvalue weighted by Crippen LogP contribution is 2.19. The lowest BCUT2D eigenvalue weighted by molar-refractivity contribution is -0.141. The molecule has 0 aliphatic rings. The average Bonchev–Trinajstić information content (AvgIpc) is 2.74. The Morgan fingerprint density at radius 2 is 2.03 bits per heavy atom. The van der Waals surface area contributed by atoms with Gasteiger partial charge in [-0.25, -0.2) is 4.98 Å². The third kappa shape index (κ3) is 4.80.